The Balaban J connectivity index is 1.88. The minimum atomic E-state index is -3.38. The molecule has 0 bridgehead atoms. The second-order valence-corrected chi connectivity index (χ2v) is 9.74. The van der Waals surface area contributed by atoms with Gasteiger partial charge in [0, 0.05) is 23.8 Å². The summed E-state index contributed by atoms with van der Waals surface area (Å²) in [4.78, 5) is 14.4. The Labute approximate surface area is 181 Å². The normalized spacial score (nSPS) is 14.3. The van der Waals surface area contributed by atoms with Crippen molar-refractivity contribution in [2.75, 3.05) is 11.2 Å². The van der Waals surface area contributed by atoms with E-state index < -0.39 is 9.84 Å². The topological polar surface area (TPSA) is 54.5 Å². The molecule has 3 aromatic rings. The van der Waals surface area contributed by atoms with Gasteiger partial charge < -0.3 is 4.90 Å². The fraction of sp³-hybridized carbons (Fsp3) is 0.125. The molecule has 152 valence electrons. The fourth-order valence-corrected chi connectivity index (χ4v) is 4.81. The minimum Gasteiger partial charge on any atom is -0.308 e. The van der Waals surface area contributed by atoms with Gasteiger partial charge in [-0.1, -0.05) is 54.1 Å². The summed E-state index contributed by atoms with van der Waals surface area (Å²) in [5, 5.41) is 0.607. The molecule has 30 heavy (non-hydrogen) atoms. The second kappa shape index (κ2) is 7.74. The van der Waals surface area contributed by atoms with E-state index >= 15 is 0 Å². The van der Waals surface area contributed by atoms with Crippen LogP contribution >= 0.6 is 11.6 Å². The molecule has 0 atom stereocenters. The molecule has 0 fully saturated rings. The summed E-state index contributed by atoms with van der Waals surface area (Å²) < 4.78 is 24.5. The zero-order valence-electron chi connectivity index (χ0n) is 16.6. The van der Waals surface area contributed by atoms with Gasteiger partial charge in [-0.3, -0.25) is 4.79 Å². The van der Waals surface area contributed by atoms with Gasteiger partial charge in [0.2, 0.25) is 5.91 Å². The molecule has 0 radical (unpaired) electrons. The zero-order valence-corrected chi connectivity index (χ0v) is 18.2. The summed E-state index contributed by atoms with van der Waals surface area (Å²) in [6.45, 7) is 1.91. The van der Waals surface area contributed by atoms with E-state index in [1.165, 1.54) is 13.2 Å². The summed E-state index contributed by atoms with van der Waals surface area (Å²) >= 11 is 6.15. The van der Waals surface area contributed by atoms with E-state index in [0.717, 1.165) is 27.9 Å². The van der Waals surface area contributed by atoms with E-state index in [1.807, 2.05) is 48.6 Å². The van der Waals surface area contributed by atoms with E-state index in [-0.39, 0.29) is 10.8 Å². The van der Waals surface area contributed by atoms with Gasteiger partial charge in [0.15, 0.2) is 9.84 Å². The molecule has 1 heterocycles. The number of hydrogen-bond donors (Lipinski definition) is 0. The van der Waals surface area contributed by atoms with Crippen molar-refractivity contribution >= 4 is 45.2 Å². The third-order valence-corrected chi connectivity index (χ3v) is 6.56. The van der Waals surface area contributed by atoms with Crippen LogP contribution in [0.25, 0.3) is 23.3 Å². The van der Waals surface area contributed by atoms with Crippen molar-refractivity contribution in [2.45, 2.75) is 18.4 Å². The zero-order chi connectivity index (χ0) is 21.5. The predicted molar refractivity (Wildman–Crippen MR) is 122 cm³/mol. The highest BCUT2D eigenvalue weighted by molar-refractivity contribution is 7.90. The smallest absolute Gasteiger partial charge is 0.224 e. The van der Waals surface area contributed by atoms with Gasteiger partial charge in [-0.15, -0.1) is 0 Å². The lowest BCUT2D eigenvalue weighted by molar-refractivity contribution is -0.116. The number of hydrogen-bond acceptors (Lipinski definition) is 3. The number of sulfone groups is 1. The second-order valence-electron chi connectivity index (χ2n) is 7.32. The van der Waals surface area contributed by atoms with Crippen LogP contribution in [0, 0.1) is 0 Å². The van der Waals surface area contributed by atoms with Gasteiger partial charge in [-0.05, 0) is 52.6 Å². The van der Waals surface area contributed by atoms with Crippen molar-refractivity contribution in [1.29, 1.82) is 0 Å². The van der Waals surface area contributed by atoms with Crippen LogP contribution in [0.2, 0.25) is 5.02 Å². The van der Waals surface area contributed by atoms with E-state index in [1.54, 1.807) is 29.2 Å². The Kier molecular flexibility index (Phi) is 5.26. The van der Waals surface area contributed by atoms with Crippen molar-refractivity contribution in [3.63, 3.8) is 0 Å². The number of nitrogens with zero attached hydrogens (tertiary/aromatic N) is 1. The Hall–Kier alpha value is -2.89. The van der Waals surface area contributed by atoms with Crippen LogP contribution in [-0.4, -0.2) is 20.6 Å². The summed E-state index contributed by atoms with van der Waals surface area (Å²) in [5.74, 6) is -0.0817. The third-order valence-electron chi connectivity index (χ3n) is 5.17. The predicted octanol–water partition coefficient (Wildman–Crippen LogP) is 5.45. The largest absolute Gasteiger partial charge is 0.308 e. The quantitative estimate of drug-likeness (QED) is 0.535. The lowest BCUT2D eigenvalue weighted by Crippen LogP contribution is -2.29. The molecule has 0 saturated heterocycles. The number of fused-ring (bicyclic) bond motifs is 2. The van der Waals surface area contributed by atoms with Gasteiger partial charge in [-0.2, -0.15) is 0 Å². The Morgan fingerprint density at radius 2 is 1.70 bits per heavy atom. The average molecular weight is 438 g/mol. The van der Waals surface area contributed by atoms with Crippen LogP contribution in [0.4, 0.5) is 5.69 Å². The average Bonchev–Trinajstić information content (AvgIpc) is 2.69. The fourth-order valence-electron chi connectivity index (χ4n) is 3.72. The van der Waals surface area contributed by atoms with Crippen LogP contribution in [0.3, 0.4) is 0 Å². The number of carbonyl (C=O) groups is 1. The van der Waals surface area contributed by atoms with Crippen molar-refractivity contribution in [1.82, 2.24) is 0 Å². The van der Waals surface area contributed by atoms with Crippen molar-refractivity contribution in [3.05, 3.63) is 82.4 Å². The lowest BCUT2D eigenvalue weighted by atomic mass is 9.96. The van der Waals surface area contributed by atoms with Gasteiger partial charge in [0.05, 0.1) is 17.1 Å². The number of halogens is 1. The Bertz CT molecular complexity index is 1300. The maximum atomic E-state index is 12.5. The molecule has 1 aliphatic heterocycles. The van der Waals surface area contributed by atoms with Crippen molar-refractivity contribution in [3.8, 4) is 11.1 Å². The molecule has 1 amide bonds. The highest BCUT2D eigenvalue weighted by atomic mass is 35.5. The molecule has 0 saturated carbocycles. The van der Waals surface area contributed by atoms with Crippen molar-refractivity contribution < 1.29 is 13.2 Å². The first kappa shape index (κ1) is 20.4. The van der Waals surface area contributed by atoms with Crippen LogP contribution in [0.1, 0.15) is 23.6 Å². The maximum Gasteiger partial charge on any atom is 0.224 e. The maximum absolute atomic E-state index is 12.5. The molecular weight excluding hydrogens is 418 g/mol. The third kappa shape index (κ3) is 3.91. The van der Waals surface area contributed by atoms with E-state index in [0.29, 0.717) is 17.1 Å². The Morgan fingerprint density at radius 3 is 2.43 bits per heavy atom. The monoisotopic (exact) mass is 437 g/mol. The van der Waals surface area contributed by atoms with E-state index in [2.05, 4.69) is 0 Å². The number of benzene rings is 3. The first-order chi connectivity index (χ1) is 14.2. The van der Waals surface area contributed by atoms with E-state index in [4.69, 9.17) is 11.6 Å². The number of rotatable bonds is 2. The van der Waals surface area contributed by atoms with Crippen LogP contribution in [0.15, 0.2) is 65.6 Å². The first-order valence-electron chi connectivity index (χ1n) is 9.42. The van der Waals surface area contributed by atoms with Crippen LogP contribution < -0.4 is 4.90 Å². The molecule has 6 heteroatoms. The number of anilines is 1. The van der Waals surface area contributed by atoms with E-state index in [9.17, 15) is 13.2 Å². The summed E-state index contributed by atoms with van der Waals surface area (Å²) in [6.07, 6.45) is 5.15. The highest BCUT2D eigenvalue weighted by Crippen LogP contribution is 2.34. The van der Waals surface area contributed by atoms with Crippen molar-refractivity contribution in [2.24, 2.45) is 0 Å². The molecule has 3 aromatic carbocycles. The molecule has 0 aromatic heterocycles. The summed E-state index contributed by atoms with van der Waals surface area (Å²) in [7, 11) is -3.38. The van der Waals surface area contributed by atoms with Crippen LogP contribution in [0.5, 0.6) is 0 Å². The van der Waals surface area contributed by atoms with Crippen LogP contribution in [-0.2, 0) is 21.2 Å². The Morgan fingerprint density at radius 1 is 0.967 bits per heavy atom. The van der Waals surface area contributed by atoms with Gasteiger partial charge >= 0.3 is 0 Å². The van der Waals surface area contributed by atoms with Gasteiger partial charge in [0.25, 0.3) is 0 Å². The molecule has 4 nitrogen and oxygen atoms in total. The van der Waals surface area contributed by atoms with Gasteiger partial charge in [-0.25, -0.2) is 8.42 Å². The standard InChI is InChI=1S/C24H20ClNO3S/c1-16(27)26-15-20-13-18(22-5-3-4-6-24(22)30(2,28)29)9-7-17(20)8-10-19-14-21(25)11-12-23(19)26/h3-14H,15H2,1-2H3/b10-8-. The molecule has 0 N–H and O–H groups in total. The molecule has 1 aliphatic rings. The molecule has 0 aliphatic carbocycles. The summed E-state index contributed by atoms with van der Waals surface area (Å²) in [6, 6.07) is 18.2. The number of carbonyl (C=O) groups excluding carboxylic acids is 1. The highest BCUT2D eigenvalue weighted by Gasteiger charge is 2.20. The molecular formula is C24H20ClNO3S. The lowest BCUT2D eigenvalue weighted by Gasteiger charge is -2.26. The van der Waals surface area contributed by atoms with Gasteiger partial charge in [0.1, 0.15) is 0 Å². The summed E-state index contributed by atoms with van der Waals surface area (Å²) in [5.41, 5.74) is 5.00. The first-order valence-corrected chi connectivity index (χ1v) is 11.7. The molecule has 0 unspecified atom stereocenters. The molecule has 4 rings (SSSR count). The number of amides is 1. The minimum absolute atomic E-state index is 0.0817. The molecule has 0 spiro atoms. The SMILES string of the molecule is CC(=O)N1Cc2cc(-c3ccccc3S(C)(=O)=O)ccc2/C=C\c2cc(Cl)ccc21.